The molecule has 2 N–H and O–H groups in total. The van der Waals surface area contributed by atoms with Crippen molar-refractivity contribution < 1.29 is 14.7 Å². The number of nitrogens with zero attached hydrogens (tertiary/aromatic N) is 1. The van der Waals surface area contributed by atoms with Gasteiger partial charge < -0.3 is 10.4 Å². The smallest absolute Gasteiger partial charge is 0.335 e. The molecule has 2 aromatic rings. The Kier molecular flexibility index (Phi) is 3.70. The number of hydrogen-bond donors (Lipinski definition) is 2. The summed E-state index contributed by atoms with van der Waals surface area (Å²) in [6, 6.07) is 5.98. The molecule has 6 heteroatoms. The molecule has 1 saturated carbocycles. The summed E-state index contributed by atoms with van der Waals surface area (Å²) in [7, 11) is 0. The van der Waals surface area contributed by atoms with E-state index in [2.05, 4.69) is 10.3 Å². The Morgan fingerprint density at radius 3 is 2.71 bits per heavy atom. The van der Waals surface area contributed by atoms with Gasteiger partial charge in [-0.05, 0) is 37.0 Å². The summed E-state index contributed by atoms with van der Waals surface area (Å²) >= 11 is 1.52. The van der Waals surface area contributed by atoms with Crippen LogP contribution in [0.15, 0.2) is 35.8 Å². The van der Waals surface area contributed by atoms with E-state index in [0.717, 1.165) is 17.8 Å². The van der Waals surface area contributed by atoms with Gasteiger partial charge in [0.05, 0.1) is 11.6 Å². The maximum Gasteiger partial charge on any atom is 0.335 e. The molecule has 108 valence electrons. The lowest BCUT2D eigenvalue weighted by Crippen LogP contribution is -2.30. The Bertz CT molecular complexity index is 665. The standard InChI is InChI=1S/C15H14N2O3S/c18-13(10-2-1-3-11(8-10)15(19)20)17-12(9-4-5-9)14-16-6-7-21-14/h1-3,6-9,12H,4-5H2,(H,17,18)(H,19,20)/t12-/m0/s1. The van der Waals surface area contributed by atoms with E-state index in [1.165, 1.54) is 23.5 Å². The highest BCUT2D eigenvalue weighted by Crippen LogP contribution is 2.41. The molecule has 1 fully saturated rings. The fourth-order valence-electron chi connectivity index (χ4n) is 2.22. The van der Waals surface area contributed by atoms with Gasteiger partial charge in [0.2, 0.25) is 0 Å². The maximum atomic E-state index is 12.3. The predicted molar refractivity (Wildman–Crippen MR) is 78.4 cm³/mol. The van der Waals surface area contributed by atoms with E-state index in [9.17, 15) is 9.59 Å². The average molecular weight is 302 g/mol. The largest absolute Gasteiger partial charge is 0.478 e. The molecule has 1 atom stereocenters. The maximum absolute atomic E-state index is 12.3. The second-order valence-electron chi connectivity index (χ2n) is 5.04. The Labute approximate surface area is 125 Å². The Hall–Kier alpha value is -2.21. The van der Waals surface area contributed by atoms with Crippen molar-refractivity contribution in [1.29, 1.82) is 0 Å². The van der Waals surface area contributed by atoms with Crippen molar-refractivity contribution >= 4 is 23.2 Å². The number of rotatable bonds is 5. The molecule has 1 aromatic heterocycles. The number of hydrogen-bond acceptors (Lipinski definition) is 4. The van der Waals surface area contributed by atoms with E-state index < -0.39 is 5.97 Å². The molecule has 1 aromatic carbocycles. The van der Waals surface area contributed by atoms with Crippen molar-refractivity contribution in [3.63, 3.8) is 0 Å². The van der Waals surface area contributed by atoms with Crippen LogP contribution in [0.25, 0.3) is 0 Å². The Morgan fingerprint density at radius 1 is 1.33 bits per heavy atom. The molecule has 0 unspecified atom stereocenters. The summed E-state index contributed by atoms with van der Waals surface area (Å²) in [5.41, 5.74) is 0.469. The van der Waals surface area contributed by atoms with Crippen molar-refractivity contribution in [2.24, 2.45) is 5.92 Å². The quantitative estimate of drug-likeness (QED) is 0.890. The van der Waals surface area contributed by atoms with Gasteiger partial charge in [-0.3, -0.25) is 4.79 Å². The first-order valence-corrected chi connectivity index (χ1v) is 7.57. The van der Waals surface area contributed by atoms with Gasteiger partial charge in [0, 0.05) is 17.1 Å². The van der Waals surface area contributed by atoms with Crippen LogP contribution in [0.1, 0.15) is 44.6 Å². The van der Waals surface area contributed by atoms with Crippen molar-refractivity contribution in [1.82, 2.24) is 10.3 Å². The highest BCUT2D eigenvalue weighted by atomic mass is 32.1. The number of carboxylic acid groups (broad SMARTS) is 1. The van der Waals surface area contributed by atoms with E-state index in [0.29, 0.717) is 11.5 Å². The molecular formula is C15H14N2O3S. The summed E-state index contributed by atoms with van der Waals surface area (Å²) < 4.78 is 0. The van der Waals surface area contributed by atoms with E-state index in [1.807, 2.05) is 5.38 Å². The third-order valence-electron chi connectivity index (χ3n) is 3.47. The number of amides is 1. The minimum absolute atomic E-state index is 0.0778. The van der Waals surface area contributed by atoms with Crippen LogP contribution in [-0.4, -0.2) is 22.0 Å². The summed E-state index contributed by atoms with van der Waals surface area (Å²) in [5.74, 6) is -0.865. The summed E-state index contributed by atoms with van der Waals surface area (Å²) in [6.45, 7) is 0. The minimum atomic E-state index is -1.04. The molecule has 0 bridgehead atoms. The van der Waals surface area contributed by atoms with Gasteiger partial charge in [-0.2, -0.15) is 0 Å². The van der Waals surface area contributed by atoms with Crippen LogP contribution in [-0.2, 0) is 0 Å². The normalized spacial score (nSPS) is 15.4. The molecule has 21 heavy (non-hydrogen) atoms. The van der Waals surface area contributed by atoms with Gasteiger partial charge in [-0.1, -0.05) is 6.07 Å². The van der Waals surface area contributed by atoms with Crippen LogP contribution in [0.4, 0.5) is 0 Å². The number of thiazole rings is 1. The number of carbonyl (C=O) groups excluding carboxylic acids is 1. The van der Waals surface area contributed by atoms with Crippen molar-refractivity contribution in [3.05, 3.63) is 52.0 Å². The number of nitrogens with one attached hydrogen (secondary N) is 1. The average Bonchev–Trinajstić information content (AvgIpc) is 3.18. The first-order valence-electron chi connectivity index (χ1n) is 6.69. The molecule has 1 aliphatic carbocycles. The first-order chi connectivity index (χ1) is 10.1. The Balaban J connectivity index is 1.78. The summed E-state index contributed by atoms with van der Waals surface area (Å²) in [6.07, 6.45) is 3.89. The van der Waals surface area contributed by atoms with Crippen LogP contribution in [0, 0.1) is 5.92 Å². The van der Waals surface area contributed by atoms with E-state index >= 15 is 0 Å². The van der Waals surface area contributed by atoms with E-state index in [-0.39, 0.29) is 17.5 Å². The molecule has 0 aliphatic heterocycles. The summed E-state index contributed by atoms with van der Waals surface area (Å²) in [5, 5.41) is 14.8. The molecule has 5 nitrogen and oxygen atoms in total. The third-order valence-corrected chi connectivity index (χ3v) is 4.33. The molecule has 1 aliphatic rings. The molecular weight excluding hydrogens is 288 g/mol. The fourth-order valence-corrected chi connectivity index (χ4v) is 3.00. The lowest BCUT2D eigenvalue weighted by molar-refractivity contribution is 0.0697. The lowest BCUT2D eigenvalue weighted by atomic mass is 10.1. The molecule has 0 saturated heterocycles. The lowest BCUT2D eigenvalue weighted by Gasteiger charge is -2.16. The zero-order valence-corrected chi connectivity index (χ0v) is 12.0. The number of aromatic nitrogens is 1. The number of benzene rings is 1. The van der Waals surface area contributed by atoms with Crippen LogP contribution in [0.5, 0.6) is 0 Å². The van der Waals surface area contributed by atoms with Crippen LogP contribution in [0.2, 0.25) is 0 Å². The van der Waals surface area contributed by atoms with Gasteiger partial charge in [0.15, 0.2) is 0 Å². The van der Waals surface area contributed by atoms with Crippen molar-refractivity contribution in [2.75, 3.05) is 0 Å². The number of aromatic carboxylic acids is 1. The van der Waals surface area contributed by atoms with Crippen LogP contribution < -0.4 is 5.32 Å². The third kappa shape index (κ3) is 3.11. The molecule has 3 rings (SSSR count). The van der Waals surface area contributed by atoms with Crippen molar-refractivity contribution in [3.8, 4) is 0 Å². The zero-order chi connectivity index (χ0) is 14.8. The first kappa shape index (κ1) is 13.8. The zero-order valence-electron chi connectivity index (χ0n) is 11.2. The monoisotopic (exact) mass is 302 g/mol. The van der Waals surface area contributed by atoms with Gasteiger partial charge >= 0.3 is 5.97 Å². The fraction of sp³-hybridized carbons (Fsp3) is 0.267. The van der Waals surface area contributed by atoms with Gasteiger partial charge in [0.25, 0.3) is 5.91 Å². The Morgan fingerprint density at radius 2 is 2.10 bits per heavy atom. The molecule has 0 radical (unpaired) electrons. The van der Waals surface area contributed by atoms with Gasteiger partial charge in [-0.15, -0.1) is 11.3 Å². The van der Waals surface area contributed by atoms with Gasteiger partial charge in [-0.25, -0.2) is 9.78 Å². The second kappa shape index (κ2) is 5.65. The topological polar surface area (TPSA) is 79.3 Å². The second-order valence-corrected chi connectivity index (χ2v) is 5.97. The van der Waals surface area contributed by atoms with E-state index in [4.69, 9.17) is 5.11 Å². The SMILES string of the molecule is O=C(O)c1cccc(C(=O)N[C@H](c2nccs2)C2CC2)c1. The number of carboxylic acids is 1. The predicted octanol–water partition coefficient (Wildman–Crippen LogP) is 2.72. The molecule has 0 spiro atoms. The van der Waals surface area contributed by atoms with Gasteiger partial charge in [0.1, 0.15) is 5.01 Å². The van der Waals surface area contributed by atoms with Crippen LogP contribution >= 0.6 is 11.3 Å². The highest BCUT2D eigenvalue weighted by molar-refractivity contribution is 7.09. The highest BCUT2D eigenvalue weighted by Gasteiger charge is 2.35. The van der Waals surface area contributed by atoms with Crippen LogP contribution in [0.3, 0.4) is 0 Å². The van der Waals surface area contributed by atoms with Crippen molar-refractivity contribution in [2.45, 2.75) is 18.9 Å². The molecule has 1 amide bonds. The number of carbonyl (C=O) groups is 2. The summed E-state index contributed by atoms with van der Waals surface area (Å²) in [4.78, 5) is 27.6. The van der Waals surface area contributed by atoms with E-state index in [1.54, 1.807) is 18.3 Å². The minimum Gasteiger partial charge on any atom is -0.478 e. The molecule has 1 heterocycles.